The zero-order chi connectivity index (χ0) is 26.0. The Morgan fingerprint density at radius 3 is 2.11 bits per heavy atom. The fourth-order valence-corrected chi connectivity index (χ4v) is 2.46. The average Bonchev–Trinajstić information content (AvgIpc) is 3.15. The van der Waals surface area contributed by atoms with Gasteiger partial charge < -0.3 is 34.0 Å². The van der Waals surface area contributed by atoms with E-state index in [1.54, 1.807) is 39.2 Å². The van der Waals surface area contributed by atoms with Crippen LogP contribution >= 0.6 is 0 Å². The number of nitrogen functional groups attached to an aromatic ring is 1. The summed E-state index contributed by atoms with van der Waals surface area (Å²) in [6, 6.07) is 0. The molecule has 35 heavy (non-hydrogen) atoms. The maximum Gasteiger partial charge on any atom is 0.510 e. The van der Waals surface area contributed by atoms with Gasteiger partial charge in [-0.2, -0.15) is 0 Å². The summed E-state index contributed by atoms with van der Waals surface area (Å²) in [6.45, 7) is 6.34. The predicted octanol–water partition coefficient (Wildman–Crippen LogP) is 1.88. The van der Waals surface area contributed by atoms with E-state index in [4.69, 9.17) is 39.1 Å². The van der Waals surface area contributed by atoms with Gasteiger partial charge in [-0.3, -0.25) is 0 Å². The lowest BCUT2D eigenvalue weighted by Gasteiger charge is -2.24. The summed E-state index contributed by atoms with van der Waals surface area (Å²) in [4.78, 5) is 43.7. The number of carbonyl (C=O) groups is 2. The first-order valence-electron chi connectivity index (χ1n) is 10.6. The minimum absolute atomic E-state index is 0.238. The second kappa shape index (κ2) is 13.0. The molecule has 1 unspecified atom stereocenters. The number of fused-ring (bicyclic) bond motifs is 1. The Bertz CT molecular complexity index is 941. The van der Waals surface area contributed by atoms with Gasteiger partial charge in [-0.25, -0.2) is 24.5 Å². The highest BCUT2D eigenvalue weighted by atomic mass is 17.2. The van der Waals surface area contributed by atoms with Crippen LogP contribution in [0.15, 0.2) is 12.7 Å². The lowest BCUT2D eigenvalue weighted by Crippen LogP contribution is -2.48. The number of hydroxylamine groups is 3. The number of rotatable bonds is 13. The molecule has 0 amide bonds. The van der Waals surface area contributed by atoms with Gasteiger partial charge in [0.1, 0.15) is 16.8 Å². The number of hydrogen-bond donors (Lipinski definition) is 2. The number of imidazole rings is 1. The lowest BCUT2D eigenvalue weighted by atomic mass is 10.4. The van der Waals surface area contributed by atoms with Crippen LogP contribution in [0.1, 0.15) is 34.6 Å². The van der Waals surface area contributed by atoms with Crippen LogP contribution in [-0.4, -0.2) is 80.6 Å². The van der Waals surface area contributed by atoms with E-state index in [1.165, 1.54) is 12.7 Å². The molecule has 0 saturated carbocycles. The van der Waals surface area contributed by atoms with Crippen molar-refractivity contribution in [3.05, 3.63) is 12.7 Å². The molecule has 16 heteroatoms. The normalized spacial score (nSPS) is 12.7. The molecule has 196 valence electrons. The van der Waals surface area contributed by atoms with Crippen molar-refractivity contribution in [2.75, 3.05) is 26.1 Å². The van der Waals surface area contributed by atoms with E-state index >= 15 is 0 Å². The van der Waals surface area contributed by atoms with E-state index in [0.29, 0.717) is 11.2 Å². The highest BCUT2D eigenvalue weighted by molar-refractivity contribution is 5.81. The fourth-order valence-electron chi connectivity index (χ4n) is 2.46. The first-order valence-corrected chi connectivity index (χ1v) is 10.6. The van der Waals surface area contributed by atoms with Crippen LogP contribution in [0.2, 0.25) is 0 Å². The van der Waals surface area contributed by atoms with Crippen LogP contribution < -0.4 is 5.73 Å². The third kappa shape index (κ3) is 9.45. The minimum atomic E-state index is -1.69. The van der Waals surface area contributed by atoms with Crippen LogP contribution in [-0.2, 0) is 39.9 Å². The van der Waals surface area contributed by atoms with E-state index in [0.717, 1.165) is 0 Å². The number of anilines is 1. The van der Waals surface area contributed by atoms with E-state index in [1.807, 2.05) is 0 Å². The van der Waals surface area contributed by atoms with Crippen LogP contribution in [0.4, 0.5) is 15.4 Å². The van der Waals surface area contributed by atoms with Gasteiger partial charge in [-0.15, -0.1) is 5.21 Å². The molecule has 0 spiro atoms. The molecule has 0 aliphatic carbocycles. The van der Waals surface area contributed by atoms with Gasteiger partial charge in [0.2, 0.25) is 0 Å². The van der Waals surface area contributed by atoms with Crippen molar-refractivity contribution in [2.45, 2.75) is 59.5 Å². The highest BCUT2D eigenvalue weighted by Gasteiger charge is 2.34. The van der Waals surface area contributed by atoms with Gasteiger partial charge in [0, 0.05) is 0 Å². The summed E-state index contributed by atoms with van der Waals surface area (Å²) in [6.07, 6.45) is -0.580. The quantitative estimate of drug-likeness (QED) is 0.174. The monoisotopic (exact) mass is 503 g/mol. The highest BCUT2D eigenvalue weighted by Crippen LogP contribution is 2.16. The number of nitrogens with two attached hydrogens (primary N) is 1. The van der Waals surface area contributed by atoms with Crippen molar-refractivity contribution in [1.82, 2.24) is 19.5 Å². The number of carbonyl (C=O) groups excluding carboxylic acids is 2. The first-order chi connectivity index (χ1) is 16.5. The molecule has 0 bridgehead atoms. The summed E-state index contributed by atoms with van der Waals surface area (Å²) in [5.41, 5.74) is 6.73. The molecule has 0 aliphatic heterocycles. The van der Waals surface area contributed by atoms with Crippen molar-refractivity contribution in [2.24, 2.45) is 0 Å². The van der Waals surface area contributed by atoms with Crippen molar-refractivity contribution in [3.63, 3.8) is 0 Å². The van der Waals surface area contributed by atoms with E-state index < -0.39 is 55.9 Å². The van der Waals surface area contributed by atoms with Crippen LogP contribution in [0.25, 0.3) is 11.2 Å². The largest absolute Gasteiger partial charge is 0.510 e. The van der Waals surface area contributed by atoms with Crippen molar-refractivity contribution in [3.8, 4) is 0 Å². The summed E-state index contributed by atoms with van der Waals surface area (Å²) in [7, 11) is 0. The number of quaternary nitrogens is 1. The molecule has 0 saturated heterocycles. The zero-order valence-electron chi connectivity index (χ0n) is 20.2. The van der Waals surface area contributed by atoms with Crippen LogP contribution in [0.5, 0.6) is 0 Å². The average molecular weight is 503 g/mol. The minimum Gasteiger partial charge on any atom is -0.432 e. The Labute approximate surface area is 200 Å². The molecule has 3 N–H and O–H groups in total. The Morgan fingerprint density at radius 2 is 1.57 bits per heavy atom. The molecule has 0 aliphatic rings. The second-order valence-corrected chi connectivity index (χ2v) is 7.69. The van der Waals surface area contributed by atoms with Gasteiger partial charge in [0.15, 0.2) is 11.5 Å². The number of nitrogens with zero attached hydrogens (tertiary/aromatic N) is 5. The molecule has 0 radical (unpaired) electrons. The molecule has 0 aromatic carbocycles. The smallest absolute Gasteiger partial charge is 0.432 e. The van der Waals surface area contributed by atoms with Crippen molar-refractivity contribution >= 4 is 29.3 Å². The third-order valence-corrected chi connectivity index (χ3v) is 3.93. The Kier molecular flexibility index (Phi) is 10.3. The second-order valence-electron chi connectivity index (χ2n) is 7.69. The number of hydrogen-bond acceptors (Lipinski definition) is 14. The van der Waals surface area contributed by atoms with E-state index in [9.17, 15) is 14.8 Å². The third-order valence-electron chi connectivity index (χ3n) is 3.93. The summed E-state index contributed by atoms with van der Waals surface area (Å²) >= 11 is 0. The standard InChI is InChI=1S/C19H31N6O10/c1-12(2)34-18(26)30-10-32-25(28,33-11-31-19(27)35-13(3)4)9-29-14(5)6-24-8-23-15-16(20)21-7-22-17(15)24/h7-8,12-14,28H,6,9-11H2,1-5H3,(H2,20,21,22)/q+1. The Morgan fingerprint density at radius 1 is 1.00 bits per heavy atom. The lowest BCUT2D eigenvalue weighted by molar-refractivity contribution is -1.38. The van der Waals surface area contributed by atoms with Crippen LogP contribution in [0, 0.1) is 0 Å². The molecule has 2 aromatic rings. The molecule has 2 rings (SSSR count). The van der Waals surface area contributed by atoms with Gasteiger partial charge in [0.25, 0.3) is 20.3 Å². The fraction of sp³-hybridized carbons (Fsp3) is 0.632. The maximum absolute atomic E-state index is 11.5. The van der Waals surface area contributed by atoms with E-state index in [2.05, 4.69) is 15.0 Å². The Balaban J connectivity index is 1.95. The summed E-state index contributed by atoms with van der Waals surface area (Å²) in [5, 5.41) is 10.6. The molecular weight excluding hydrogens is 472 g/mol. The molecule has 2 aromatic heterocycles. The number of ether oxygens (including phenoxy) is 5. The van der Waals surface area contributed by atoms with E-state index in [-0.39, 0.29) is 12.4 Å². The molecule has 2 heterocycles. The first kappa shape index (κ1) is 27.9. The van der Waals surface area contributed by atoms with Crippen molar-refractivity contribution < 1.29 is 53.1 Å². The SMILES string of the molecule is CC(C)OC(=O)OCO[N+](O)(COC(C)Cn1cnc2c(N)ncnc21)OCOC(=O)OC(C)C. The topological polar surface area (TPSA) is 189 Å². The maximum atomic E-state index is 11.5. The van der Waals surface area contributed by atoms with Gasteiger partial charge in [-0.1, -0.05) is 9.68 Å². The summed E-state index contributed by atoms with van der Waals surface area (Å²) < 4.78 is 26.3. The molecule has 1 atom stereocenters. The van der Waals surface area contributed by atoms with Gasteiger partial charge in [0.05, 0.1) is 31.2 Å². The molecular formula is C19H31N6O10+. The summed E-state index contributed by atoms with van der Waals surface area (Å²) in [5.74, 6) is 0.238. The number of aromatic nitrogens is 4. The predicted molar refractivity (Wildman–Crippen MR) is 115 cm³/mol. The zero-order valence-corrected chi connectivity index (χ0v) is 20.2. The van der Waals surface area contributed by atoms with Crippen LogP contribution in [0.3, 0.4) is 0 Å². The molecule has 16 nitrogen and oxygen atoms in total. The molecule has 0 fully saturated rings. The van der Waals surface area contributed by atoms with Gasteiger partial charge in [-0.05, 0) is 34.6 Å². The Hall–Kier alpha value is -3.31. The van der Waals surface area contributed by atoms with Crippen molar-refractivity contribution in [1.29, 1.82) is 0 Å². The van der Waals surface area contributed by atoms with Gasteiger partial charge >= 0.3 is 12.3 Å².